The van der Waals surface area contributed by atoms with E-state index < -0.39 is 0 Å². The summed E-state index contributed by atoms with van der Waals surface area (Å²) in [5.74, 6) is 0.612. The lowest BCUT2D eigenvalue weighted by atomic mass is 9.76. The number of hydrogen-bond acceptors (Lipinski definition) is 3. The Morgan fingerprint density at radius 3 is 2.73 bits per heavy atom. The number of nitrogens with zero attached hydrogens (tertiary/aromatic N) is 1. The number of para-hydroxylation sites is 1. The highest BCUT2D eigenvalue weighted by Crippen LogP contribution is 2.48. The van der Waals surface area contributed by atoms with Crippen LogP contribution < -0.4 is 11.1 Å². The minimum absolute atomic E-state index is 0.0556. The molecule has 5 nitrogen and oxygen atoms in total. The highest BCUT2D eigenvalue weighted by molar-refractivity contribution is 5.92. The molecular weight excluding hydrogens is 278 g/mol. The number of nitrogens with one attached hydrogen (secondary N) is 1. The number of guanidine groups is 1. The number of aliphatic hydroxyl groups is 1. The number of nitrogens with two attached hydrogens (primary N) is 1. The molecule has 1 aliphatic heterocycles. The van der Waals surface area contributed by atoms with Gasteiger partial charge in [0.15, 0.2) is 5.96 Å². The first-order valence-electron chi connectivity index (χ1n) is 8.07. The highest BCUT2D eigenvalue weighted by atomic mass is 16.5. The minimum atomic E-state index is -0.287. The molecule has 2 aliphatic rings. The van der Waals surface area contributed by atoms with E-state index in [2.05, 4.69) is 10.3 Å². The Morgan fingerprint density at radius 1 is 1.27 bits per heavy atom. The van der Waals surface area contributed by atoms with Gasteiger partial charge in [-0.2, -0.15) is 0 Å². The van der Waals surface area contributed by atoms with Gasteiger partial charge >= 0.3 is 0 Å². The highest BCUT2D eigenvalue weighted by Gasteiger charge is 2.47. The van der Waals surface area contributed by atoms with Crippen LogP contribution >= 0.6 is 0 Å². The molecule has 4 N–H and O–H groups in total. The maximum atomic E-state index is 10.7. The number of benzene rings is 1. The van der Waals surface area contributed by atoms with Gasteiger partial charge in [0.25, 0.3) is 0 Å². The van der Waals surface area contributed by atoms with E-state index in [4.69, 9.17) is 10.5 Å². The summed E-state index contributed by atoms with van der Waals surface area (Å²) in [5.41, 5.74) is 6.92. The SMILES string of the molecule is NC(=NCC1CCC2(CCOCC2)C1O)Nc1ccccc1. The summed E-state index contributed by atoms with van der Waals surface area (Å²) in [4.78, 5) is 4.42. The predicted octanol–water partition coefficient (Wildman–Crippen LogP) is 1.98. The molecule has 1 aliphatic carbocycles. The fourth-order valence-electron chi connectivity index (χ4n) is 3.72. The zero-order valence-electron chi connectivity index (χ0n) is 12.9. The molecule has 1 aromatic carbocycles. The fraction of sp³-hybridized carbons (Fsp3) is 0.588. The molecule has 3 rings (SSSR count). The summed E-state index contributed by atoms with van der Waals surface area (Å²) in [6, 6.07) is 9.75. The summed E-state index contributed by atoms with van der Waals surface area (Å²) in [7, 11) is 0. The zero-order chi connectivity index (χ0) is 15.4. The van der Waals surface area contributed by atoms with Crippen molar-refractivity contribution in [3.63, 3.8) is 0 Å². The molecule has 2 fully saturated rings. The minimum Gasteiger partial charge on any atom is -0.392 e. The number of anilines is 1. The van der Waals surface area contributed by atoms with E-state index in [0.717, 1.165) is 44.6 Å². The number of aliphatic hydroxyl groups excluding tert-OH is 1. The van der Waals surface area contributed by atoms with E-state index >= 15 is 0 Å². The molecule has 1 heterocycles. The molecule has 5 heteroatoms. The van der Waals surface area contributed by atoms with Crippen molar-refractivity contribution in [3.8, 4) is 0 Å². The van der Waals surface area contributed by atoms with Gasteiger partial charge in [0.05, 0.1) is 6.10 Å². The first-order chi connectivity index (χ1) is 10.7. The second-order valence-electron chi connectivity index (χ2n) is 6.44. The predicted molar refractivity (Wildman–Crippen MR) is 87.8 cm³/mol. The summed E-state index contributed by atoms with van der Waals surface area (Å²) >= 11 is 0. The van der Waals surface area contributed by atoms with E-state index in [1.54, 1.807) is 0 Å². The Bertz CT molecular complexity index is 512. The van der Waals surface area contributed by atoms with Gasteiger partial charge in [0.2, 0.25) is 0 Å². The Labute approximate surface area is 131 Å². The number of rotatable bonds is 3. The fourth-order valence-corrected chi connectivity index (χ4v) is 3.72. The third-order valence-electron chi connectivity index (χ3n) is 5.12. The van der Waals surface area contributed by atoms with Crippen molar-refractivity contribution in [1.82, 2.24) is 0 Å². The van der Waals surface area contributed by atoms with Crippen LogP contribution in [0.25, 0.3) is 0 Å². The topological polar surface area (TPSA) is 79.9 Å². The van der Waals surface area contributed by atoms with Crippen molar-refractivity contribution in [1.29, 1.82) is 0 Å². The van der Waals surface area contributed by atoms with Gasteiger partial charge in [-0.3, -0.25) is 4.99 Å². The first kappa shape index (κ1) is 15.3. The molecule has 22 heavy (non-hydrogen) atoms. The summed E-state index contributed by atoms with van der Waals surface area (Å²) in [5, 5.41) is 13.8. The van der Waals surface area contributed by atoms with Crippen LogP contribution in [0.4, 0.5) is 5.69 Å². The lowest BCUT2D eigenvalue weighted by molar-refractivity contribution is -0.0548. The maximum Gasteiger partial charge on any atom is 0.193 e. The summed E-state index contributed by atoms with van der Waals surface area (Å²) in [6.07, 6.45) is 3.73. The number of hydrogen-bond donors (Lipinski definition) is 3. The van der Waals surface area contributed by atoms with Crippen molar-refractivity contribution >= 4 is 11.6 Å². The van der Waals surface area contributed by atoms with E-state index in [0.29, 0.717) is 12.5 Å². The van der Waals surface area contributed by atoms with Gasteiger partial charge < -0.3 is 20.9 Å². The molecule has 0 radical (unpaired) electrons. The van der Waals surface area contributed by atoms with Gasteiger partial charge in [-0.05, 0) is 37.8 Å². The monoisotopic (exact) mass is 303 g/mol. The van der Waals surface area contributed by atoms with Crippen molar-refractivity contribution < 1.29 is 9.84 Å². The summed E-state index contributed by atoms with van der Waals surface area (Å²) in [6.45, 7) is 2.12. The largest absolute Gasteiger partial charge is 0.392 e. The van der Waals surface area contributed by atoms with Gasteiger partial charge in [-0.15, -0.1) is 0 Å². The van der Waals surface area contributed by atoms with Gasteiger partial charge in [0.1, 0.15) is 0 Å². The zero-order valence-corrected chi connectivity index (χ0v) is 12.9. The van der Waals surface area contributed by atoms with Gasteiger partial charge in [0, 0.05) is 36.8 Å². The average molecular weight is 303 g/mol. The van der Waals surface area contributed by atoms with Crippen LogP contribution in [0.3, 0.4) is 0 Å². The van der Waals surface area contributed by atoms with Crippen molar-refractivity contribution in [2.75, 3.05) is 25.1 Å². The van der Waals surface area contributed by atoms with E-state index in [1.165, 1.54) is 0 Å². The lowest BCUT2D eigenvalue weighted by Crippen LogP contribution is -2.39. The molecule has 2 atom stereocenters. The third kappa shape index (κ3) is 3.25. The van der Waals surface area contributed by atoms with Crippen LogP contribution in [0.1, 0.15) is 25.7 Å². The average Bonchev–Trinajstić information content (AvgIpc) is 2.84. The normalized spacial score (nSPS) is 28.0. The standard InChI is InChI=1S/C17H25N3O2/c18-16(20-14-4-2-1-3-5-14)19-12-13-6-7-17(15(13)21)8-10-22-11-9-17/h1-5,13,15,21H,6-12H2,(H3,18,19,20). The second kappa shape index (κ2) is 6.67. The van der Waals surface area contributed by atoms with E-state index in [1.807, 2.05) is 30.3 Å². The molecule has 1 saturated carbocycles. The van der Waals surface area contributed by atoms with Gasteiger partial charge in [-0.1, -0.05) is 18.2 Å². The molecule has 2 unspecified atom stereocenters. The van der Waals surface area contributed by atoms with Crippen molar-refractivity contribution in [2.45, 2.75) is 31.8 Å². The van der Waals surface area contributed by atoms with Crippen molar-refractivity contribution in [2.24, 2.45) is 22.1 Å². The van der Waals surface area contributed by atoms with Gasteiger partial charge in [-0.25, -0.2) is 0 Å². The van der Waals surface area contributed by atoms with E-state index in [9.17, 15) is 5.11 Å². The smallest absolute Gasteiger partial charge is 0.193 e. The molecule has 0 amide bonds. The molecule has 0 aromatic heterocycles. The molecule has 1 spiro atoms. The molecule has 0 bridgehead atoms. The molecule has 120 valence electrons. The van der Waals surface area contributed by atoms with Crippen LogP contribution in [-0.4, -0.2) is 36.9 Å². The summed E-state index contributed by atoms with van der Waals surface area (Å²) < 4.78 is 5.44. The molecule has 1 aromatic rings. The Hall–Kier alpha value is -1.59. The first-order valence-corrected chi connectivity index (χ1v) is 8.07. The van der Waals surface area contributed by atoms with Crippen LogP contribution in [0, 0.1) is 11.3 Å². The maximum absolute atomic E-state index is 10.7. The van der Waals surface area contributed by atoms with Crippen LogP contribution in [0.2, 0.25) is 0 Å². The van der Waals surface area contributed by atoms with Crippen molar-refractivity contribution in [3.05, 3.63) is 30.3 Å². The molecule has 1 saturated heterocycles. The number of ether oxygens (including phenoxy) is 1. The quantitative estimate of drug-likeness (QED) is 0.589. The lowest BCUT2D eigenvalue weighted by Gasteiger charge is -2.37. The van der Waals surface area contributed by atoms with Crippen LogP contribution in [0.5, 0.6) is 0 Å². The Morgan fingerprint density at radius 2 is 2.00 bits per heavy atom. The Balaban J connectivity index is 1.56. The van der Waals surface area contributed by atoms with E-state index in [-0.39, 0.29) is 17.4 Å². The Kier molecular flexibility index (Phi) is 4.64. The second-order valence-corrected chi connectivity index (χ2v) is 6.44. The van der Waals surface area contributed by atoms with Crippen LogP contribution in [-0.2, 0) is 4.74 Å². The third-order valence-corrected chi connectivity index (χ3v) is 5.12. The van der Waals surface area contributed by atoms with Crippen LogP contribution in [0.15, 0.2) is 35.3 Å². The molecular formula is C17H25N3O2. The number of aliphatic imine (C=N–C) groups is 1.